The number of hydrogen-bond acceptors (Lipinski definition) is 4. The minimum absolute atomic E-state index is 0.0916. The molecule has 1 N–H and O–H groups in total. The van der Waals surface area contributed by atoms with E-state index in [0.29, 0.717) is 18.8 Å². The Morgan fingerprint density at radius 1 is 1.12 bits per heavy atom. The molecule has 2 amide bonds. The highest BCUT2D eigenvalue weighted by Crippen LogP contribution is 2.27. The number of benzene rings is 1. The molecule has 0 aliphatic carbocycles. The summed E-state index contributed by atoms with van der Waals surface area (Å²) in [5, 5.41) is 6.96. The van der Waals surface area contributed by atoms with E-state index < -0.39 is 0 Å². The van der Waals surface area contributed by atoms with Gasteiger partial charge in [0.15, 0.2) is 0 Å². The van der Waals surface area contributed by atoms with Gasteiger partial charge >= 0.3 is 6.03 Å². The van der Waals surface area contributed by atoms with Gasteiger partial charge in [-0.3, -0.25) is 4.68 Å². The lowest BCUT2D eigenvalue weighted by Gasteiger charge is -2.32. The van der Waals surface area contributed by atoms with E-state index in [9.17, 15) is 4.79 Å². The maximum Gasteiger partial charge on any atom is 0.321 e. The smallest absolute Gasteiger partial charge is 0.321 e. The molecule has 0 bridgehead atoms. The fourth-order valence-corrected chi connectivity index (χ4v) is 4.21. The van der Waals surface area contributed by atoms with Crippen molar-refractivity contribution in [2.75, 3.05) is 18.4 Å². The van der Waals surface area contributed by atoms with Gasteiger partial charge < -0.3 is 19.4 Å². The first-order chi connectivity index (χ1) is 15.6. The lowest BCUT2D eigenvalue weighted by molar-refractivity contribution is 0.115. The number of hydrogen-bond donors (Lipinski definition) is 1. The summed E-state index contributed by atoms with van der Waals surface area (Å²) in [5.41, 5.74) is 5.14. The second kappa shape index (κ2) is 8.37. The number of imidazole rings is 1. The van der Waals surface area contributed by atoms with Gasteiger partial charge in [-0.1, -0.05) is 12.1 Å². The molecule has 8 heteroatoms. The second-order valence-electron chi connectivity index (χ2n) is 8.15. The largest absolute Gasteiger partial charge is 0.490 e. The number of piperidine rings is 1. The van der Waals surface area contributed by atoms with E-state index in [1.807, 2.05) is 42.5 Å². The molecule has 0 atom stereocenters. The van der Waals surface area contributed by atoms with Crippen molar-refractivity contribution in [3.05, 3.63) is 66.9 Å². The zero-order valence-electron chi connectivity index (χ0n) is 18.2. The highest BCUT2D eigenvalue weighted by Gasteiger charge is 2.24. The third-order valence-corrected chi connectivity index (χ3v) is 5.97. The van der Waals surface area contributed by atoms with Gasteiger partial charge in [0.2, 0.25) is 0 Å². The molecule has 1 aliphatic heterocycles. The van der Waals surface area contributed by atoms with E-state index in [0.717, 1.165) is 35.5 Å². The molecule has 1 fully saturated rings. The summed E-state index contributed by atoms with van der Waals surface area (Å²) < 4.78 is 9.96. The molecule has 0 unspecified atom stereocenters. The maximum absolute atomic E-state index is 12.4. The highest BCUT2D eigenvalue weighted by atomic mass is 16.5. The summed E-state index contributed by atoms with van der Waals surface area (Å²) in [6, 6.07) is 12.3. The van der Waals surface area contributed by atoms with Crippen molar-refractivity contribution in [3.8, 4) is 16.9 Å². The first-order valence-electron chi connectivity index (χ1n) is 10.8. The monoisotopic (exact) mass is 430 g/mol. The topological polar surface area (TPSA) is 76.7 Å². The van der Waals surface area contributed by atoms with Gasteiger partial charge in [0, 0.05) is 62.8 Å². The van der Waals surface area contributed by atoms with Gasteiger partial charge in [0.05, 0.1) is 11.9 Å². The Balaban J connectivity index is 1.17. The average molecular weight is 431 g/mol. The number of urea groups is 1. The number of fused-ring (bicyclic) bond motifs is 1. The Morgan fingerprint density at radius 2 is 1.91 bits per heavy atom. The van der Waals surface area contributed by atoms with E-state index in [2.05, 4.69) is 44.9 Å². The van der Waals surface area contributed by atoms with Crippen LogP contribution in [0.4, 0.5) is 10.5 Å². The number of carbonyl (C=O) groups is 1. The van der Waals surface area contributed by atoms with Crippen LogP contribution in [-0.4, -0.2) is 49.3 Å². The molecule has 32 heavy (non-hydrogen) atoms. The normalized spacial score (nSPS) is 14.6. The van der Waals surface area contributed by atoms with E-state index in [4.69, 9.17) is 4.74 Å². The number of nitrogens with zero attached hydrogens (tertiary/aromatic N) is 5. The van der Waals surface area contributed by atoms with Crippen molar-refractivity contribution < 1.29 is 9.53 Å². The minimum Gasteiger partial charge on any atom is -0.490 e. The Bertz CT molecular complexity index is 1240. The summed E-state index contributed by atoms with van der Waals surface area (Å²) >= 11 is 0. The van der Waals surface area contributed by atoms with Crippen LogP contribution in [0.25, 0.3) is 16.8 Å². The van der Waals surface area contributed by atoms with E-state index >= 15 is 0 Å². The van der Waals surface area contributed by atoms with E-state index in [-0.39, 0.29) is 12.1 Å². The lowest BCUT2D eigenvalue weighted by Crippen LogP contribution is -2.43. The summed E-state index contributed by atoms with van der Waals surface area (Å²) in [5.74, 6) is 0.855. The molecule has 0 saturated carbocycles. The molecule has 1 aliphatic rings. The van der Waals surface area contributed by atoms with Crippen LogP contribution in [-0.2, 0) is 7.05 Å². The number of aryl methyl sites for hydroxylation is 2. The molecule has 164 valence electrons. The molecular formula is C24H26N6O2. The molecule has 3 aromatic heterocycles. The third kappa shape index (κ3) is 4.03. The van der Waals surface area contributed by atoms with Crippen molar-refractivity contribution in [2.24, 2.45) is 7.05 Å². The Labute approximate surface area is 186 Å². The van der Waals surface area contributed by atoms with Crippen molar-refractivity contribution in [3.63, 3.8) is 0 Å². The maximum atomic E-state index is 12.4. The molecule has 8 nitrogen and oxygen atoms in total. The SMILES string of the molecule is Cc1c(-c2ccc(OC3CCN(C(=O)Nc4cnn(C)c4)CC3)cc2)ccc2nccn12. The van der Waals surface area contributed by atoms with Crippen molar-refractivity contribution in [1.29, 1.82) is 0 Å². The number of aromatic nitrogens is 4. The fourth-order valence-electron chi connectivity index (χ4n) is 4.21. The number of amides is 2. The average Bonchev–Trinajstić information content (AvgIpc) is 3.44. The summed E-state index contributed by atoms with van der Waals surface area (Å²) in [7, 11) is 1.82. The van der Waals surface area contributed by atoms with Crippen molar-refractivity contribution in [1.82, 2.24) is 24.1 Å². The number of pyridine rings is 1. The van der Waals surface area contributed by atoms with Crippen LogP contribution in [0, 0.1) is 6.92 Å². The van der Waals surface area contributed by atoms with Crippen LogP contribution in [0.3, 0.4) is 0 Å². The molecule has 0 spiro atoms. The van der Waals surface area contributed by atoms with Crippen LogP contribution in [0.1, 0.15) is 18.5 Å². The van der Waals surface area contributed by atoms with Crippen LogP contribution in [0.5, 0.6) is 5.75 Å². The van der Waals surface area contributed by atoms with Crippen molar-refractivity contribution in [2.45, 2.75) is 25.9 Å². The van der Waals surface area contributed by atoms with Gasteiger partial charge in [0.25, 0.3) is 0 Å². The van der Waals surface area contributed by atoms with Gasteiger partial charge in [-0.15, -0.1) is 0 Å². The molecule has 4 aromatic rings. The Morgan fingerprint density at radius 3 is 2.62 bits per heavy atom. The molecule has 0 radical (unpaired) electrons. The number of likely N-dealkylation sites (tertiary alicyclic amines) is 1. The first kappa shape index (κ1) is 20.1. The van der Waals surface area contributed by atoms with Crippen molar-refractivity contribution >= 4 is 17.4 Å². The van der Waals surface area contributed by atoms with Crippen LogP contribution >= 0.6 is 0 Å². The summed E-state index contributed by atoms with van der Waals surface area (Å²) in [6.07, 6.45) is 8.94. The molecule has 1 aromatic carbocycles. The predicted octanol–water partition coefficient (Wildman–Crippen LogP) is 4.12. The summed E-state index contributed by atoms with van der Waals surface area (Å²) in [4.78, 5) is 18.6. The standard InChI is InChI=1S/C24H26N6O2/c1-17-22(7-8-23-25-11-14-30(17)23)18-3-5-20(6-4-18)32-21-9-12-29(13-10-21)24(31)27-19-15-26-28(2)16-19/h3-8,11,14-16,21H,9-10,12-13H2,1-2H3,(H,27,31). The lowest BCUT2D eigenvalue weighted by atomic mass is 10.0. The van der Waals surface area contributed by atoms with Crippen LogP contribution < -0.4 is 10.1 Å². The van der Waals surface area contributed by atoms with Crippen LogP contribution in [0.15, 0.2) is 61.2 Å². The third-order valence-electron chi connectivity index (χ3n) is 5.97. The van der Waals surface area contributed by atoms with Crippen LogP contribution in [0.2, 0.25) is 0 Å². The van der Waals surface area contributed by atoms with Gasteiger partial charge in [-0.2, -0.15) is 5.10 Å². The zero-order valence-corrected chi connectivity index (χ0v) is 18.2. The Kier molecular flexibility index (Phi) is 5.26. The number of carbonyl (C=O) groups excluding carboxylic acids is 1. The van der Waals surface area contributed by atoms with Gasteiger partial charge in [-0.25, -0.2) is 9.78 Å². The number of ether oxygens (including phenoxy) is 1. The number of nitrogens with one attached hydrogen (secondary N) is 1. The number of anilines is 1. The number of rotatable bonds is 4. The summed E-state index contributed by atoms with van der Waals surface area (Å²) in [6.45, 7) is 3.44. The first-order valence-corrected chi connectivity index (χ1v) is 10.8. The van der Waals surface area contributed by atoms with Gasteiger partial charge in [0.1, 0.15) is 17.5 Å². The second-order valence-corrected chi connectivity index (χ2v) is 8.15. The minimum atomic E-state index is -0.0916. The molecular weight excluding hydrogens is 404 g/mol. The molecule has 4 heterocycles. The molecule has 1 saturated heterocycles. The zero-order chi connectivity index (χ0) is 22.1. The predicted molar refractivity (Wildman–Crippen MR) is 123 cm³/mol. The quantitative estimate of drug-likeness (QED) is 0.528. The molecule has 5 rings (SSSR count). The highest BCUT2D eigenvalue weighted by molar-refractivity contribution is 5.89. The van der Waals surface area contributed by atoms with Gasteiger partial charge in [-0.05, 0) is 36.8 Å². The van der Waals surface area contributed by atoms with E-state index in [1.54, 1.807) is 17.1 Å². The fraction of sp³-hybridized carbons (Fsp3) is 0.292. The van der Waals surface area contributed by atoms with E-state index in [1.165, 1.54) is 5.56 Å². The Hall–Kier alpha value is -3.81.